The van der Waals surface area contributed by atoms with Crippen molar-refractivity contribution >= 4 is 23.5 Å². The second-order valence-electron chi connectivity index (χ2n) is 10.6. The topological polar surface area (TPSA) is 123 Å². The SMILES string of the molecule is CN1CCN=C1c1cc(Sc2ccccc2C(N)=O)ccc1Oc1c(F)cnc(Oc2cc(C#N)ccc2OCc2ccccc2)c1F. The van der Waals surface area contributed by atoms with Crippen molar-refractivity contribution < 1.29 is 27.8 Å². The summed E-state index contributed by atoms with van der Waals surface area (Å²) in [7, 11) is 1.85. The average molecular weight is 664 g/mol. The number of hydrogen-bond acceptors (Lipinski definition) is 9. The van der Waals surface area contributed by atoms with Crippen LogP contribution in [0.4, 0.5) is 8.78 Å². The molecule has 1 aromatic heterocycles. The molecular weight excluding hydrogens is 636 g/mol. The summed E-state index contributed by atoms with van der Waals surface area (Å²) in [6.07, 6.45) is 0.788. The Balaban J connectivity index is 1.32. The van der Waals surface area contributed by atoms with Gasteiger partial charge in [-0.15, -0.1) is 0 Å². The summed E-state index contributed by atoms with van der Waals surface area (Å²) in [6.45, 7) is 1.35. The van der Waals surface area contributed by atoms with E-state index in [2.05, 4.69) is 9.98 Å². The van der Waals surface area contributed by atoms with Gasteiger partial charge in [0.15, 0.2) is 17.3 Å². The van der Waals surface area contributed by atoms with Gasteiger partial charge in [-0.05, 0) is 48.0 Å². The Morgan fingerprint density at radius 1 is 0.979 bits per heavy atom. The van der Waals surface area contributed by atoms with Crippen LogP contribution in [0.3, 0.4) is 0 Å². The van der Waals surface area contributed by atoms with Gasteiger partial charge in [-0.3, -0.25) is 9.79 Å². The number of aliphatic imine (C=N–C) groups is 1. The Labute approximate surface area is 279 Å². The molecule has 0 saturated carbocycles. The quantitative estimate of drug-likeness (QED) is 0.156. The number of hydrogen-bond donors (Lipinski definition) is 1. The lowest BCUT2D eigenvalue weighted by molar-refractivity contribution is 0.0997. The second kappa shape index (κ2) is 14.2. The summed E-state index contributed by atoms with van der Waals surface area (Å²) in [5.41, 5.74) is 7.53. The molecule has 5 aromatic rings. The zero-order valence-corrected chi connectivity index (χ0v) is 26.3. The summed E-state index contributed by atoms with van der Waals surface area (Å²) >= 11 is 1.31. The molecule has 0 spiro atoms. The van der Waals surface area contributed by atoms with Crippen LogP contribution in [0, 0.1) is 23.0 Å². The van der Waals surface area contributed by atoms with Crippen LogP contribution < -0.4 is 19.9 Å². The standard InChI is InChI=1S/C36H27F2N5O4S/c1-43-16-15-41-35(43)26-18-24(48-31-10-6-5-9-25(31)34(40)44)12-14-28(26)46-33-27(37)20-42-36(32(33)38)47-30-17-23(19-39)11-13-29(30)45-21-22-7-3-2-4-8-22/h2-14,17-18,20H,15-16,21H2,1H3,(H2,40,44). The Kier molecular flexibility index (Phi) is 9.50. The van der Waals surface area contributed by atoms with Gasteiger partial charge in [0, 0.05) is 29.4 Å². The Morgan fingerprint density at radius 2 is 1.75 bits per heavy atom. The van der Waals surface area contributed by atoms with Crippen LogP contribution in [0.25, 0.3) is 0 Å². The zero-order chi connectivity index (χ0) is 33.6. The number of ether oxygens (including phenoxy) is 3. The van der Waals surface area contributed by atoms with E-state index < -0.39 is 29.2 Å². The van der Waals surface area contributed by atoms with E-state index >= 15 is 8.78 Å². The van der Waals surface area contributed by atoms with E-state index in [0.717, 1.165) is 11.8 Å². The van der Waals surface area contributed by atoms with Gasteiger partial charge in [0.25, 0.3) is 5.88 Å². The number of primary amides is 1. The number of carbonyl (C=O) groups is 1. The van der Waals surface area contributed by atoms with Crippen LogP contribution in [0.2, 0.25) is 0 Å². The van der Waals surface area contributed by atoms with E-state index in [4.69, 9.17) is 19.9 Å². The molecule has 0 aliphatic carbocycles. The lowest BCUT2D eigenvalue weighted by Crippen LogP contribution is -2.24. The fourth-order valence-corrected chi connectivity index (χ4v) is 5.86. The molecule has 12 heteroatoms. The molecule has 6 rings (SSSR count). The summed E-state index contributed by atoms with van der Waals surface area (Å²) in [5, 5.41) is 9.46. The van der Waals surface area contributed by atoms with Gasteiger partial charge in [-0.2, -0.15) is 9.65 Å². The van der Waals surface area contributed by atoms with Crippen LogP contribution in [0.5, 0.6) is 28.9 Å². The summed E-state index contributed by atoms with van der Waals surface area (Å²) < 4.78 is 48.8. The molecule has 0 radical (unpaired) electrons. The normalized spacial score (nSPS) is 12.3. The highest BCUT2D eigenvalue weighted by Crippen LogP contribution is 2.40. The molecule has 0 bridgehead atoms. The van der Waals surface area contributed by atoms with Crippen molar-refractivity contribution in [2.45, 2.75) is 16.4 Å². The molecule has 1 aliphatic rings. The van der Waals surface area contributed by atoms with Crippen LogP contribution in [0.1, 0.15) is 27.0 Å². The van der Waals surface area contributed by atoms with Crippen molar-refractivity contribution in [2.24, 2.45) is 10.7 Å². The number of nitrogens with zero attached hydrogens (tertiary/aromatic N) is 4. The first-order chi connectivity index (χ1) is 23.3. The minimum atomic E-state index is -1.20. The number of likely N-dealkylation sites (N-methyl/N-ethyl adjacent to an activating group) is 1. The number of rotatable bonds is 11. The van der Waals surface area contributed by atoms with Crippen molar-refractivity contribution in [3.8, 4) is 34.9 Å². The maximum Gasteiger partial charge on any atom is 0.260 e. The van der Waals surface area contributed by atoms with Crippen molar-refractivity contribution in [2.75, 3.05) is 20.1 Å². The van der Waals surface area contributed by atoms with E-state index in [1.54, 1.807) is 42.5 Å². The first-order valence-corrected chi connectivity index (χ1v) is 15.5. The number of pyridine rings is 1. The molecule has 0 fully saturated rings. The third kappa shape index (κ3) is 7.06. The van der Waals surface area contributed by atoms with E-state index in [-0.39, 0.29) is 29.4 Å². The number of carbonyl (C=O) groups excluding carboxylic acids is 1. The van der Waals surface area contributed by atoms with Crippen LogP contribution in [0.15, 0.2) is 112 Å². The lowest BCUT2D eigenvalue weighted by Gasteiger charge is -2.19. The maximum absolute atomic E-state index is 16.0. The molecule has 1 aliphatic heterocycles. The van der Waals surface area contributed by atoms with Gasteiger partial charge in [0.2, 0.25) is 17.5 Å². The third-order valence-corrected chi connectivity index (χ3v) is 8.32. The average Bonchev–Trinajstić information content (AvgIpc) is 3.53. The van der Waals surface area contributed by atoms with Crippen molar-refractivity contribution in [3.63, 3.8) is 0 Å². The molecule has 2 N–H and O–H groups in total. The fourth-order valence-electron chi connectivity index (χ4n) is 4.87. The number of nitriles is 1. The Bertz CT molecular complexity index is 2070. The minimum Gasteiger partial charge on any atom is -0.485 e. The summed E-state index contributed by atoms with van der Waals surface area (Å²) in [5.74, 6) is -3.23. The van der Waals surface area contributed by atoms with Crippen LogP contribution in [-0.4, -0.2) is 41.8 Å². The number of amidine groups is 1. The largest absolute Gasteiger partial charge is 0.485 e. The zero-order valence-electron chi connectivity index (χ0n) is 25.5. The molecule has 2 heterocycles. The molecule has 9 nitrogen and oxygen atoms in total. The molecule has 240 valence electrons. The highest BCUT2D eigenvalue weighted by Gasteiger charge is 2.25. The Hall–Kier alpha value is -5.93. The first-order valence-electron chi connectivity index (χ1n) is 14.7. The summed E-state index contributed by atoms with van der Waals surface area (Å²) in [6, 6.07) is 27.8. The predicted molar refractivity (Wildman–Crippen MR) is 176 cm³/mol. The Morgan fingerprint density at radius 3 is 2.50 bits per heavy atom. The van der Waals surface area contributed by atoms with Crippen LogP contribution in [-0.2, 0) is 6.61 Å². The fraction of sp³-hybridized carbons (Fsp3) is 0.111. The lowest BCUT2D eigenvalue weighted by atomic mass is 10.1. The molecule has 0 unspecified atom stereocenters. The van der Waals surface area contributed by atoms with E-state index in [9.17, 15) is 10.1 Å². The highest BCUT2D eigenvalue weighted by atomic mass is 32.2. The molecule has 48 heavy (non-hydrogen) atoms. The van der Waals surface area contributed by atoms with Crippen molar-refractivity contribution in [1.29, 1.82) is 5.26 Å². The number of benzene rings is 4. The highest BCUT2D eigenvalue weighted by molar-refractivity contribution is 7.99. The number of nitrogens with two attached hydrogens (primary N) is 1. The molecule has 0 atom stereocenters. The van der Waals surface area contributed by atoms with E-state index in [1.165, 1.54) is 30.0 Å². The molecule has 4 aromatic carbocycles. The first kappa shape index (κ1) is 32.0. The van der Waals surface area contributed by atoms with Gasteiger partial charge in [0.1, 0.15) is 18.2 Å². The second-order valence-corrected chi connectivity index (χ2v) is 11.7. The minimum absolute atomic E-state index is 0.00850. The monoisotopic (exact) mass is 663 g/mol. The number of amides is 1. The number of halogens is 2. The molecule has 0 saturated heterocycles. The van der Waals surface area contributed by atoms with Crippen LogP contribution >= 0.6 is 11.8 Å². The van der Waals surface area contributed by atoms with Crippen molar-refractivity contribution in [3.05, 3.63) is 131 Å². The summed E-state index contributed by atoms with van der Waals surface area (Å²) in [4.78, 5) is 23.7. The predicted octanol–water partition coefficient (Wildman–Crippen LogP) is 7.34. The van der Waals surface area contributed by atoms with Gasteiger partial charge in [-0.1, -0.05) is 54.2 Å². The van der Waals surface area contributed by atoms with Gasteiger partial charge in [-0.25, -0.2) is 9.37 Å². The molecular formula is C36H27F2N5O4S. The van der Waals surface area contributed by atoms with E-state index in [1.807, 2.05) is 48.3 Å². The van der Waals surface area contributed by atoms with Gasteiger partial charge >= 0.3 is 0 Å². The van der Waals surface area contributed by atoms with Gasteiger partial charge in [0.05, 0.1) is 35.5 Å². The molecule has 1 amide bonds. The smallest absolute Gasteiger partial charge is 0.260 e. The van der Waals surface area contributed by atoms with Crippen molar-refractivity contribution in [1.82, 2.24) is 9.88 Å². The van der Waals surface area contributed by atoms with Gasteiger partial charge < -0.3 is 24.8 Å². The third-order valence-electron chi connectivity index (χ3n) is 7.26. The van der Waals surface area contributed by atoms with E-state index in [0.29, 0.717) is 39.8 Å². The maximum atomic E-state index is 16.0. The number of aromatic nitrogens is 1.